The monoisotopic (exact) mass is 555 g/mol. The molecule has 0 aliphatic heterocycles. The topological polar surface area (TPSA) is 181 Å². The van der Waals surface area contributed by atoms with E-state index in [1.54, 1.807) is 31.1 Å². The molecule has 0 aromatic carbocycles. The highest BCUT2D eigenvalue weighted by Gasteiger charge is 2.47. The lowest BCUT2D eigenvalue weighted by molar-refractivity contribution is -0.143. The maximum Gasteiger partial charge on any atom is 0.317 e. The van der Waals surface area contributed by atoms with Gasteiger partial charge in [0.25, 0.3) is 0 Å². The zero-order valence-electron chi connectivity index (χ0n) is 23.1. The predicted molar refractivity (Wildman–Crippen MR) is 143 cm³/mol. The molecule has 0 unspecified atom stereocenters. The van der Waals surface area contributed by atoms with Gasteiger partial charge in [-0.1, -0.05) is 5.21 Å². The van der Waals surface area contributed by atoms with Crippen molar-refractivity contribution < 1.29 is 29.2 Å². The van der Waals surface area contributed by atoms with E-state index in [1.165, 1.54) is 0 Å². The summed E-state index contributed by atoms with van der Waals surface area (Å²) in [6.45, 7) is 2.91. The number of methoxy groups -OCH3 is 1. The molecule has 0 amide bonds. The summed E-state index contributed by atoms with van der Waals surface area (Å²) in [4.78, 5) is 24.8. The zero-order chi connectivity index (χ0) is 28.6. The van der Waals surface area contributed by atoms with Gasteiger partial charge in [0, 0.05) is 26.9 Å². The summed E-state index contributed by atoms with van der Waals surface area (Å²) in [6.07, 6.45) is 5.07. The van der Waals surface area contributed by atoms with Crippen LogP contribution in [-0.2, 0) is 29.8 Å². The number of hydrogen-bond donors (Lipinski definition) is 3. The Bertz CT molecular complexity index is 1280. The zero-order valence-corrected chi connectivity index (χ0v) is 23.1. The first-order valence-electron chi connectivity index (χ1n) is 13.3. The third kappa shape index (κ3) is 6.90. The molecule has 2 aliphatic rings. The molecule has 4 atom stereocenters. The molecule has 2 fully saturated rings. The van der Waals surface area contributed by atoms with Crippen LogP contribution in [0.2, 0.25) is 0 Å². The van der Waals surface area contributed by atoms with E-state index in [4.69, 9.17) is 30.0 Å². The van der Waals surface area contributed by atoms with E-state index in [9.17, 15) is 9.90 Å². The number of nitrogens with two attached hydrogens (primary N) is 1. The number of aliphatic hydroxyl groups excluding tert-OH is 1. The number of aliphatic hydroxyl groups is 1. The number of carbonyl (C=O) groups is 1. The van der Waals surface area contributed by atoms with Gasteiger partial charge >= 0.3 is 12.0 Å². The molecule has 0 radical (unpaired) electrons. The minimum Gasteiger partial charge on any atom is -0.489 e. The van der Waals surface area contributed by atoms with Crippen LogP contribution in [0.3, 0.4) is 0 Å². The van der Waals surface area contributed by atoms with Gasteiger partial charge in [0.15, 0.2) is 0 Å². The van der Waals surface area contributed by atoms with Crippen molar-refractivity contribution in [2.45, 2.75) is 51.9 Å². The molecule has 2 aliphatic carbocycles. The summed E-state index contributed by atoms with van der Waals surface area (Å²) in [5, 5.41) is 25.7. The van der Waals surface area contributed by atoms with E-state index >= 15 is 0 Å². The third-order valence-electron chi connectivity index (χ3n) is 7.36. The van der Waals surface area contributed by atoms with Gasteiger partial charge in [0.2, 0.25) is 0 Å². The fourth-order valence-electron chi connectivity index (χ4n) is 5.47. The SMILES string of the molecule is COCc1ccnc(OCc2c(-c3ccc(O[C@H]4C[C@@H]5CC[C@H](C(=O)O)[C@@H]5C4)c(C)n3)nnn2C)n1.NCCO. The average molecular weight is 556 g/mol. The van der Waals surface area contributed by atoms with Crippen molar-refractivity contribution in [3.8, 4) is 23.1 Å². The van der Waals surface area contributed by atoms with Crippen LogP contribution in [0.15, 0.2) is 24.4 Å². The maximum absolute atomic E-state index is 11.5. The molecule has 2 saturated carbocycles. The fraction of sp³-hybridized carbons (Fsp3) is 0.556. The molecule has 13 heteroatoms. The van der Waals surface area contributed by atoms with E-state index in [-0.39, 0.29) is 37.2 Å². The number of rotatable bonds is 10. The summed E-state index contributed by atoms with van der Waals surface area (Å²) in [7, 11) is 3.40. The summed E-state index contributed by atoms with van der Waals surface area (Å²) in [5.41, 5.74) is 8.25. The summed E-state index contributed by atoms with van der Waals surface area (Å²) in [6, 6.07) is 5.78. The number of ether oxygens (including phenoxy) is 3. The molecule has 3 heterocycles. The maximum atomic E-state index is 11.5. The van der Waals surface area contributed by atoms with Crippen LogP contribution in [0, 0.1) is 24.7 Å². The van der Waals surface area contributed by atoms with E-state index in [1.807, 2.05) is 19.1 Å². The Labute approximate surface area is 232 Å². The van der Waals surface area contributed by atoms with E-state index in [0.717, 1.165) is 42.8 Å². The second-order valence-corrected chi connectivity index (χ2v) is 10.0. The predicted octanol–water partition coefficient (Wildman–Crippen LogP) is 1.91. The molecule has 13 nitrogen and oxygen atoms in total. The lowest BCUT2D eigenvalue weighted by Gasteiger charge is -2.18. The molecule has 0 bridgehead atoms. The van der Waals surface area contributed by atoms with Gasteiger partial charge in [-0.2, -0.15) is 4.98 Å². The van der Waals surface area contributed by atoms with Gasteiger partial charge in [-0.25, -0.2) is 14.6 Å². The highest BCUT2D eigenvalue weighted by Crippen LogP contribution is 2.48. The Morgan fingerprint density at radius 2 is 1.98 bits per heavy atom. The van der Waals surface area contributed by atoms with Crippen LogP contribution < -0.4 is 15.2 Å². The summed E-state index contributed by atoms with van der Waals surface area (Å²) >= 11 is 0. The smallest absolute Gasteiger partial charge is 0.317 e. The number of hydrogen-bond acceptors (Lipinski definition) is 11. The van der Waals surface area contributed by atoms with Gasteiger partial charge in [-0.05, 0) is 62.6 Å². The van der Waals surface area contributed by atoms with Crippen LogP contribution in [0.1, 0.15) is 42.8 Å². The van der Waals surface area contributed by atoms with E-state index in [0.29, 0.717) is 36.2 Å². The Balaban J connectivity index is 0.000000867. The average Bonchev–Trinajstić information content (AvgIpc) is 3.63. The number of carboxylic acid groups (broad SMARTS) is 1. The molecular formula is C27H37N7O6. The number of fused-ring (bicyclic) bond motifs is 1. The largest absolute Gasteiger partial charge is 0.489 e. The van der Waals surface area contributed by atoms with Crippen molar-refractivity contribution in [3.63, 3.8) is 0 Å². The molecule has 4 N–H and O–H groups in total. The summed E-state index contributed by atoms with van der Waals surface area (Å²) < 4.78 is 18.9. The van der Waals surface area contributed by atoms with Crippen LogP contribution in [0.25, 0.3) is 11.4 Å². The molecule has 3 aromatic rings. The number of aliphatic carboxylic acids is 1. The Morgan fingerprint density at radius 3 is 2.67 bits per heavy atom. The quantitative estimate of drug-likeness (QED) is 0.331. The minimum absolute atomic E-state index is 0.0165. The second-order valence-electron chi connectivity index (χ2n) is 10.0. The van der Waals surface area contributed by atoms with Crippen molar-refractivity contribution in [1.29, 1.82) is 0 Å². The van der Waals surface area contributed by atoms with Gasteiger partial charge < -0.3 is 30.2 Å². The van der Waals surface area contributed by atoms with Crippen molar-refractivity contribution in [1.82, 2.24) is 29.9 Å². The molecule has 216 valence electrons. The van der Waals surface area contributed by atoms with Crippen LogP contribution in [0.5, 0.6) is 11.8 Å². The molecule has 3 aromatic heterocycles. The highest BCUT2D eigenvalue weighted by atomic mass is 16.5. The molecule has 0 spiro atoms. The van der Waals surface area contributed by atoms with Crippen LogP contribution >= 0.6 is 0 Å². The second kappa shape index (κ2) is 13.6. The summed E-state index contributed by atoms with van der Waals surface area (Å²) in [5.74, 6) is 0.436. The number of aromatic nitrogens is 6. The first kappa shape index (κ1) is 29.3. The lowest BCUT2D eigenvalue weighted by atomic mass is 9.92. The molecule has 40 heavy (non-hydrogen) atoms. The highest BCUT2D eigenvalue weighted by molar-refractivity contribution is 5.71. The van der Waals surface area contributed by atoms with Crippen LogP contribution in [0.4, 0.5) is 0 Å². The molecule has 0 saturated heterocycles. The number of aryl methyl sites for hydroxylation is 2. The standard InChI is InChI=1S/C25H30N6O5.C2H7NO/c1-14-22(36-17-10-15-4-5-18(24(32)33)19(15)11-17)7-6-20(27-14)23-21(31(2)30-29-23)13-35-25-26-9-8-16(28-25)12-34-3;3-1-2-4/h6-9,15,17-19H,4-5,10-13H2,1-3H3,(H,32,33);4H,1-3H2/t15-,17-,18-,19+;/m0./s1. The van der Waals surface area contributed by atoms with Crippen molar-refractivity contribution in [3.05, 3.63) is 41.5 Å². The first-order chi connectivity index (χ1) is 19.3. The van der Waals surface area contributed by atoms with E-state index < -0.39 is 5.97 Å². The number of carboxylic acids is 1. The van der Waals surface area contributed by atoms with E-state index in [2.05, 4.69) is 20.3 Å². The third-order valence-corrected chi connectivity index (χ3v) is 7.36. The lowest BCUT2D eigenvalue weighted by Crippen LogP contribution is -2.21. The van der Waals surface area contributed by atoms with Gasteiger partial charge in [-0.3, -0.25) is 4.79 Å². The molecular weight excluding hydrogens is 518 g/mol. The minimum atomic E-state index is -0.677. The fourth-order valence-corrected chi connectivity index (χ4v) is 5.47. The van der Waals surface area contributed by atoms with Crippen molar-refractivity contribution >= 4 is 5.97 Å². The van der Waals surface area contributed by atoms with Gasteiger partial charge in [0.1, 0.15) is 23.7 Å². The van der Waals surface area contributed by atoms with Crippen molar-refractivity contribution in [2.75, 3.05) is 20.3 Å². The van der Waals surface area contributed by atoms with Gasteiger partial charge in [0.05, 0.1) is 42.3 Å². The Kier molecular flexibility index (Phi) is 9.96. The normalized spacial score (nSPS) is 21.4. The van der Waals surface area contributed by atoms with Crippen LogP contribution in [-0.4, -0.2) is 72.5 Å². The molecule has 5 rings (SSSR count). The number of pyridine rings is 1. The van der Waals surface area contributed by atoms with Gasteiger partial charge in [-0.15, -0.1) is 5.10 Å². The Hall–Kier alpha value is -3.68. The Morgan fingerprint density at radius 1 is 1.18 bits per heavy atom. The first-order valence-corrected chi connectivity index (χ1v) is 13.3. The number of nitrogens with zero attached hydrogens (tertiary/aromatic N) is 6. The van der Waals surface area contributed by atoms with Crippen molar-refractivity contribution in [2.24, 2.45) is 30.5 Å².